The zero-order chi connectivity index (χ0) is 9.10. The molecule has 1 aliphatic heterocycles. The number of hydrogen-bond acceptors (Lipinski definition) is 2. The van der Waals surface area contributed by atoms with E-state index in [1.54, 1.807) is 6.07 Å². The fraction of sp³-hybridized carbons (Fsp3) is 0.400. The van der Waals surface area contributed by atoms with Gasteiger partial charge in [-0.15, -0.1) is 0 Å². The van der Waals surface area contributed by atoms with Gasteiger partial charge in [0.2, 0.25) is 0 Å². The molecule has 0 bridgehead atoms. The molecule has 1 aromatic rings. The van der Waals surface area contributed by atoms with Gasteiger partial charge >= 0.3 is 0 Å². The van der Waals surface area contributed by atoms with Crippen molar-refractivity contribution in [1.29, 1.82) is 0 Å². The Kier molecular flexibility index (Phi) is 2.45. The smallest absolute Gasteiger partial charge is 0.128 e. The van der Waals surface area contributed by atoms with Crippen LogP contribution in [0.2, 0.25) is 0 Å². The standard InChI is InChI=1S/C10H10FO2/c11-8-1-3-9(4-2-8)13-10-5-6-12-7-10/h1-3,10H,5-7H2. The highest BCUT2D eigenvalue weighted by molar-refractivity contribution is 5.20. The van der Waals surface area contributed by atoms with Gasteiger partial charge in [-0.05, 0) is 18.2 Å². The highest BCUT2D eigenvalue weighted by Crippen LogP contribution is 2.16. The quantitative estimate of drug-likeness (QED) is 0.692. The van der Waals surface area contributed by atoms with E-state index in [-0.39, 0.29) is 11.9 Å². The van der Waals surface area contributed by atoms with Gasteiger partial charge in [-0.2, -0.15) is 0 Å². The third-order valence-corrected chi connectivity index (χ3v) is 1.93. The zero-order valence-electron chi connectivity index (χ0n) is 7.13. The van der Waals surface area contributed by atoms with Gasteiger partial charge in [-0.3, -0.25) is 0 Å². The van der Waals surface area contributed by atoms with E-state index >= 15 is 0 Å². The van der Waals surface area contributed by atoms with Gasteiger partial charge in [0.25, 0.3) is 0 Å². The zero-order valence-corrected chi connectivity index (χ0v) is 7.13. The lowest BCUT2D eigenvalue weighted by atomic mass is 10.3. The van der Waals surface area contributed by atoms with Crippen molar-refractivity contribution in [3.63, 3.8) is 0 Å². The molecule has 0 saturated carbocycles. The molecular formula is C10H10FO2. The molecule has 1 unspecified atom stereocenters. The molecule has 1 heterocycles. The van der Waals surface area contributed by atoms with Gasteiger partial charge in [0, 0.05) is 12.5 Å². The van der Waals surface area contributed by atoms with Crippen molar-refractivity contribution in [2.45, 2.75) is 12.5 Å². The second-order valence-electron chi connectivity index (χ2n) is 2.97. The first-order chi connectivity index (χ1) is 6.34. The lowest BCUT2D eigenvalue weighted by Gasteiger charge is -2.10. The van der Waals surface area contributed by atoms with Crippen LogP contribution in [0.1, 0.15) is 6.42 Å². The third kappa shape index (κ3) is 2.18. The Bertz CT molecular complexity index is 265. The lowest BCUT2D eigenvalue weighted by Crippen LogP contribution is -2.15. The van der Waals surface area contributed by atoms with Crippen LogP contribution in [-0.2, 0) is 4.74 Å². The van der Waals surface area contributed by atoms with Gasteiger partial charge in [-0.25, -0.2) is 4.39 Å². The van der Waals surface area contributed by atoms with E-state index in [2.05, 4.69) is 6.07 Å². The summed E-state index contributed by atoms with van der Waals surface area (Å²) in [7, 11) is 0. The van der Waals surface area contributed by atoms with E-state index in [0.29, 0.717) is 12.4 Å². The van der Waals surface area contributed by atoms with Crippen LogP contribution < -0.4 is 4.74 Å². The maximum atomic E-state index is 12.5. The maximum Gasteiger partial charge on any atom is 0.128 e. The Morgan fingerprint density at radius 2 is 2.46 bits per heavy atom. The maximum absolute atomic E-state index is 12.5. The Balaban J connectivity index is 1.97. The van der Waals surface area contributed by atoms with Crippen molar-refractivity contribution in [3.8, 4) is 5.75 Å². The van der Waals surface area contributed by atoms with Crippen molar-refractivity contribution < 1.29 is 13.9 Å². The lowest BCUT2D eigenvalue weighted by molar-refractivity contribution is 0.141. The molecule has 2 nitrogen and oxygen atoms in total. The summed E-state index contributed by atoms with van der Waals surface area (Å²) < 4.78 is 23.1. The Morgan fingerprint density at radius 1 is 1.54 bits per heavy atom. The molecule has 0 aromatic heterocycles. The molecule has 0 spiro atoms. The number of benzene rings is 1. The summed E-state index contributed by atoms with van der Waals surface area (Å²) in [5, 5.41) is 0. The monoisotopic (exact) mass is 181 g/mol. The molecule has 13 heavy (non-hydrogen) atoms. The van der Waals surface area contributed by atoms with E-state index in [9.17, 15) is 4.39 Å². The van der Waals surface area contributed by atoms with Gasteiger partial charge in [0.05, 0.1) is 13.2 Å². The molecule has 0 amide bonds. The number of ether oxygens (including phenoxy) is 2. The molecule has 2 rings (SSSR count). The molecule has 1 fully saturated rings. The predicted octanol–water partition coefficient (Wildman–Crippen LogP) is 1.79. The van der Waals surface area contributed by atoms with Crippen LogP contribution in [0.4, 0.5) is 4.39 Å². The first-order valence-electron chi connectivity index (χ1n) is 4.26. The molecule has 1 radical (unpaired) electrons. The Hall–Kier alpha value is -1.09. The first-order valence-corrected chi connectivity index (χ1v) is 4.26. The number of halogens is 1. The minimum atomic E-state index is -0.296. The SMILES string of the molecule is Fc1c[c]c(OC2CCOC2)cc1. The molecular weight excluding hydrogens is 171 g/mol. The Labute approximate surface area is 76.3 Å². The van der Waals surface area contributed by atoms with Crippen LogP contribution in [-0.4, -0.2) is 19.3 Å². The number of rotatable bonds is 2. The van der Waals surface area contributed by atoms with Crippen LogP contribution in [0.15, 0.2) is 18.2 Å². The van der Waals surface area contributed by atoms with Gasteiger partial charge in [0.1, 0.15) is 17.7 Å². The molecule has 69 valence electrons. The topological polar surface area (TPSA) is 18.5 Å². The van der Waals surface area contributed by atoms with Crippen LogP contribution >= 0.6 is 0 Å². The predicted molar refractivity (Wildman–Crippen MR) is 45.1 cm³/mol. The summed E-state index contributed by atoms with van der Waals surface area (Å²) >= 11 is 0. The van der Waals surface area contributed by atoms with Crippen molar-refractivity contribution >= 4 is 0 Å². The van der Waals surface area contributed by atoms with Crippen molar-refractivity contribution in [2.75, 3.05) is 13.2 Å². The van der Waals surface area contributed by atoms with Crippen LogP contribution in [0.5, 0.6) is 5.75 Å². The minimum Gasteiger partial charge on any atom is -0.487 e. The molecule has 1 aromatic carbocycles. The summed E-state index contributed by atoms with van der Waals surface area (Å²) in [5.41, 5.74) is 0. The van der Waals surface area contributed by atoms with Crippen LogP contribution in [0, 0.1) is 11.9 Å². The van der Waals surface area contributed by atoms with Crippen molar-refractivity contribution in [3.05, 3.63) is 30.1 Å². The summed E-state index contributed by atoms with van der Waals surface area (Å²) in [6.45, 7) is 1.36. The van der Waals surface area contributed by atoms with E-state index in [1.165, 1.54) is 12.1 Å². The van der Waals surface area contributed by atoms with E-state index in [1.807, 2.05) is 0 Å². The first kappa shape index (κ1) is 8.51. The van der Waals surface area contributed by atoms with Crippen LogP contribution in [0.25, 0.3) is 0 Å². The molecule has 0 N–H and O–H groups in total. The highest BCUT2D eigenvalue weighted by atomic mass is 19.1. The minimum absolute atomic E-state index is 0.0988. The Morgan fingerprint density at radius 3 is 3.08 bits per heavy atom. The fourth-order valence-corrected chi connectivity index (χ4v) is 1.25. The van der Waals surface area contributed by atoms with E-state index < -0.39 is 0 Å². The molecule has 1 saturated heterocycles. The second-order valence-corrected chi connectivity index (χ2v) is 2.97. The second kappa shape index (κ2) is 3.75. The van der Waals surface area contributed by atoms with Crippen molar-refractivity contribution in [1.82, 2.24) is 0 Å². The summed E-state index contributed by atoms with van der Waals surface area (Å²) in [6, 6.07) is 6.92. The number of hydrogen-bond donors (Lipinski definition) is 0. The third-order valence-electron chi connectivity index (χ3n) is 1.93. The largest absolute Gasteiger partial charge is 0.487 e. The summed E-state index contributed by atoms with van der Waals surface area (Å²) in [6.07, 6.45) is 0.993. The van der Waals surface area contributed by atoms with Crippen molar-refractivity contribution in [2.24, 2.45) is 0 Å². The molecule has 3 heteroatoms. The average molecular weight is 181 g/mol. The van der Waals surface area contributed by atoms with Gasteiger partial charge in [0.15, 0.2) is 0 Å². The van der Waals surface area contributed by atoms with E-state index in [4.69, 9.17) is 9.47 Å². The molecule has 1 aliphatic rings. The fourth-order valence-electron chi connectivity index (χ4n) is 1.25. The normalized spacial score (nSPS) is 21.8. The molecule has 1 atom stereocenters. The van der Waals surface area contributed by atoms with Crippen LogP contribution in [0.3, 0.4) is 0 Å². The van der Waals surface area contributed by atoms with E-state index in [0.717, 1.165) is 13.0 Å². The summed E-state index contributed by atoms with van der Waals surface area (Å²) in [5.74, 6) is 0.284. The van der Waals surface area contributed by atoms with Gasteiger partial charge < -0.3 is 9.47 Å². The van der Waals surface area contributed by atoms with Gasteiger partial charge in [-0.1, -0.05) is 0 Å². The summed E-state index contributed by atoms with van der Waals surface area (Å²) in [4.78, 5) is 0. The highest BCUT2D eigenvalue weighted by Gasteiger charge is 2.16. The average Bonchev–Trinajstić information content (AvgIpc) is 2.62. The molecule has 0 aliphatic carbocycles.